The second-order valence-corrected chi connectivity index (χ2v) is 3.40. The monoisotopic (exact) mass is 216 g/mol. The van der Waals surface area contributed by atoms with Crippen LogP contribution in [0.1, 0.15) is 6.92 Å². The number of nitrogens with two attached hydrogens (primary N) is 1. The molecule has 1 heterocycles. The fourth-order valence-electron chi connectivity index (χ4n) is 0.975. The Morgan fingerprint density at radius 3 is 2.93 bits per heavy atom. The highest BCUT2D eigenvalue weighted by Crippen LogP contribution is 2.21. The van der Waals surface area contributed by atoms with Crippen molar-refractivity contribution in [3.05, 3.63) is 11.5 Å². The molecule has 0 saturated carbocycles. The van der Waals surface area contributed by atoms with Crippen LogP contribution in [0.4, 0.5) is 11.5 Å². The molecule has 1 rings (SSSR count). The van der Waals surface area contributed by atoms with E-state index in [2.05, 4.69) is 9.97 Å². The minimum absolute atomic E-state index is 0.0254. The van der Waals surface area contributed by atoms with Gasteiger partial charge in [-0.25, -0.2) is 4.98 Å². The van der Waals surface area contributed by atoms with Crippen LogP contribution in [0.5, 0.6) is 0 Å². The van der Waals surface area contributed by atoms with Crippen LogP contribution in [-0.2, 0) is 0 Å². The smallest absolute Gasteiger partial charge is 0.224 e. The molecule has 1 aromatic rings. The van der Waals surface area contributed by atoms with Gasteiger partial charge in [-0.15, -0.1) is 0 Å². The lowest BCUT2D eigenvalue weighted by Crippen LogP contribution is -2.33. The van der Waals surface area contributed by atoms with Crippen molar-refractivity contribution in [2.24, 2.45) is 0 Å². The number of aromatic nitrogens is 2. The molecule has 5 nitrogen and oxygen atoms in total. The average Bonchev–Trinajstić information content (AvgIpc) is 2.19. The maximum absolute atomic E-state index is 8.97. The summed E-state index contributed by atoms with van der Waals surface area (Å²) in [7, 11) is 1.79. The molecule has 0 aromatic carbocycles. The van der Waals surface area contributed by atoms with Crippen LogP contribution in [0.15, 0.2) is 6.20 Å². The van der Waals surface area contributed by atoms with Crippen molar-refractivity contribution in [2.75, 3.05) is 24.3 Å². The predicted molar refractivity (Wildman–Crippen MR) is 56.4 cm³/mol. The molecule has 3 N–H and O–H groups in total. The highest BCUT2D eigenvalue weighted by Gasteiger charge is 2.13. The number of halogens is 1. The highest BCUT2D eigenvalue weighted by atomic mass is 35.5. The topological polar surface area (TPSA) is 75.3 Å². The normalized spacial score (nSPS) is 12.6. The zero-order chi connectivity index (χ0) is 10.7. The van der Waals surface area contributed by atoms with Crippen LogP contribution in [0.2, 0.25) is 5.28 Å². The summed E-state index contributed by atoms with van der Waals surface area (Å²) in [5, 5.41) is 9.11. The summed E-state index contributed by atoms with van der Waals surface area (Å²) in [6, 6.07) is -0.0664. The summed E-state index contributed by atoms with van der Waals surface area (Å²) in [5.74, 6) is 0.534. The van der Waals surface area contributed by atoms with Gasteiger partial charge in [-0.1, -0.05) is 0 Å². The van der Waals surface area contributed by atoms with Crippen molar-refractivity contribution in [1.82, 2.24) is 9.97 Å². The van der Waals surface area contributed by atoms with E-state index in [1.54, 1.807) is 11.9 Å². The van der Waals surface area contributed by atoms with E-state index in [0.29, 0.717) is 11.5 Å². The fraction of sp³-hybridized carbons (Fsp3) is 0.500. The number of aliphatic hydroxyl groups excluding tert-OH is 1. The zero-order valence-corrected chi connectivity index (χ0v) is 8.86. The van der Waals surface area contributed by atoms with Gasteiger partial charge in [0, 0.05) is 7.05 Å². The molecule has 0 saturated heterocycles. The van der Waals surface area contributed by atoms with Crippen molar-refractivity contribution >= 4 is 23.1 Å². The van der Waals surface area contributed by atoms with E-state index in [0.717, 1.165) is 0 Å². The molecule has 6 heteroatoms. The number of anilines is 2. The van der Waals surface area contributed by atoms with Crippen LogP contribution in [-0.4, -0.2) is 34.8 Å². The summed E-state index contributed by atoms with van der Waals surface area (Å²) >= 11 is 5.64. The lowest BCUT2D eigenvalue weighted by molar-refractivity contribution is 0.270. The molecule has 1 aromatic heterocycles. The molecule has 0 aliphatic carbocycles. The van der Waals surface area contributed by atoms with Crippen molar-refractivity contribution in [1.29, 1.82) is 0 Å². The van der Waals surface area contributed by atoms with E-state index in [4.69, 9.17) is 22.4 Å². The number of aliphatic hydroxyl groups is 1. The third kappa shape index (κ3) is 2.24. The van der Waals surface area contributed by atoms with Gasteiger partial charge >= 0.3 is 0 Å². The maximum Gasteiger partial charge on any atom is 0.224 e. The average molecular weight is 217 g/mol. The molecule has 1 unspecified atom stereocenters. The van der Waals surface area contributed by atoms with Crippen molar-refractivity contribution in [2.45, 2.75) is 13.0 Å². The summed E-state index contributed by atoms with van der Waals surface area (Å²) < 4.78 is 0. The molecular weight excluding hydrogens is 204 g/mol. The lowest BCUT2D eigenvalue weighted by atomic mass is 10.3. The number of nitrogens with zero attached hydrogens (tertiary/aromatic N) is 3. The minimum atomic E-state index is -0.0664. The lowest BCUT2D eigenvalue weighted by Gasteiger charge is -2.25. The Kier molecular flexibility index (Phi) is 3.49. The van der Waals surface area contributed by atoms with Gasteiger partial charge in [0.1, 0.15) is 0 Å². The van der Waals surface area contributed by atoms with E-state index in [-0.39, 0.29) is 17.9 Å². The molecule has 0 aliphatic rings. The largest absolute Gasteiger partial charge is 0.394 e. The molecular formula is C8H13ClN4O. The van der Waals surface area contributed by atoms with Crippen LogP contribution < -0.4 is 10.6 Å². The maximum atomic E-state index is 8.97. The third-order valence-corrected chi connectivity index (χ3v) is 2.21. The van der Waals surface area contributed by atoms with Crippen LogP contribution in [0.25, 0.3) is 0 Å². The Labute approximate surface area is 87.5 Å². The molecule has 0 fully saturated rings. The number of likely N-dealkylation sites (N-methyl/N-ethyl adjacent to an activating group) is 1. The second kappa shape index (κ2) is 4.43. The quantitative estimate of drug-likeness (QED) is 0.721. The van der Waals surface area contributed by atoms with Crippen LogP contribution >= 0.6 is 11.6 Å². The Bertz CT molecular complexity index is 320. The molecule has 1 atom stereocenters. The number of rotatable bonds is 3. The molecule has 0 radical (unpaired) electrons. The zero-order valence-electron chi connectivity index (χ0n) is 8.11. The molecule has 14 heavy (non-hydrogen) atoms. The number of hydrogen-bond acceptors (Lipinski definition) is 5. The van der Waals surface area contributed by atoms with Crippen molar-refractivity contribution in [3.63, 3.8) is 0 Å². The molecule has 78 valence electrons. The van der Waals surface area contributed by atoms with Crippen molar-refractivity contribution in [3.8, 4) is 0 Å². The van der Waals surface area contributed by atoms with E-state index in [1.807, 2.05) is 6.92 Å². The first-order chi connectivity index (χ1) is 6.56. The van der Waals surface area contributed by atoms with Gasteiger partial charge in [0.05, 0.1) is 24.5 Å². The van der Waals surface area contributed by atoms with Gasteiger partial charge in [-0.3, -0.25) is 0 Å². The first-order valence-electron chi connectivity index (χ1n) is 4.18. The molecule has 0 aliphatic heterocycles. The third-order valence-electron chi connectivity index (χ3n) is 2.03. The molecule has 0 bridgehead atoms. The summed E-state index contributed by atoms with van der Waals surface area (Å²) in [5.41, 5.74) is 6.12. The minimum Gasteiger partial charge on any atom is -0.394 e. The molecule has 0 spiro atoms. The Morgan fingerprint density at radius 1 is 1.71 bits per heavy atom. The van der Waals surface area contributed by atoms with Gasteiger partial charge in [-0.2, -0.15) is 4.98 Å². The number of hydrogen-bond donors (Lipinski definition) is 2. The standard InChI is InChI=1S/C8H13ClN4O/c1-5(4-14)13(2)7-6(10)3-11-8(9)12-7/h3,5,14H,4,10H2,1-2H3. The molecule has 0 amide bonds. The van der Waals surface area contributed by atoms with E-state index in [1.165, 1.54) is 6.20 Å². The van der Waals surface area contributed by atoms with E-state index >= 15 is 0 Å². The Hall–Kier alpha value is -1.07. The second-order valence-electron chi connectivity index (χ2n) is 3.06. The Balaban J connectivity index is 2.99. The predicted octanol–water partition coefficient (Wildman–Crippen LogP) is 0.529. The van der Waals surface area contributed by atoms with Gasteiger partial charge in [0.2, 0.25) is 5.28 Å². The van der Waals surface area contributed by atoms with E-state index in [9.17, 15) is 0 Å². The van der Waals surface area contributed by atoms with Gasteiger partial charge in [-0.05, 0) is 18.5 Å². The summed E-state index contributed by atoms with van der Waals surface area (Å²) in [6.07, 6.45) is 1.45. The van der Waals surface area contributed by atoms with Crippen LogP contribution in [0, 0.1) is 0 Å². The highest BCUT2D eigenvalue weighted by molar-refractivity contribution is 6.28. The SMILES string of the molecule is CC(CO)N(C)c1nc(Cl)ncc1N. The van der Waals surface area contributed by atoms with Gasteiger partial charge < -0.3 is 15.7 Å². The van der Waals surface area contributed by atoms with Gasteiger partial charge in [0.25, 0.3) is 0 Å². The van der Waals surface area contributed by atoms with Crippen LogP contribution in [0.3, 0.4) is 0 Å². The van der Waals surface area contributed by atoms with Gasteiger partial charge in [0.15, 0.2) is 5.82 Å². The fourth-order valence-corrected chi connectivity index (χ4v) is 1.10. The summed E-state index contributed by atoms with van der Waals surface area (Å²) in [4.78, 5) is 9.49. The Morgan fingerprint density at radius 2 is 2.36 bits per heavy atom. The van der Waals surface area contributed by atoms with E-state index < -0.39 is 0 Å². The first kappa shape index (κ1) is 11.0. The summed E-state index contributed by atoms with van der Waals surface area (Å²) in [6.45, 7) is 1.88. The first-order valence-corrected chi connectivity index (χ1v) is 4.55. The number of nitrogen functional groups attached to an aromatic ring is 1. The van der Waals surface area contributed by atoms with Crippen molar-refractivity contribution < 1.29 is 5.11 Å².